The molecule has 1 fully saturated rings. The zero-order chi connectivity index (χ0) is 22.0. The van der Waals surface area contributed by atoms with Crippen LogP contribution in [0.3, 0.4) is 0 Å². The highest BCUT2D eigenvalue weighted by Gasteiger charge is 2.39. The first-order chi connectivity index (χ1) is 15.0. The van der Waals surface area contributed by atoms with Crippen molar-refractivity contribution in [3.05, 3.63) is 53.1 Å². The van der Waals surface area contributed by atoms with Gasteiger partial charge in [0.15, 0.2) is 0 Å². The molecule has 2 aromatic carbocycles. The molecule has 4 N–H and O–H groups in total. The topological polar surface area (TPSA) is 99.4 Å². The number of rotatable bonds is 7. The molecule has 2 aliphatic rings. The molecule has 0 radical (unpaired) electrons. The number of aliphatic hydroxyl groups excluding tert-OH is 3. The van der Waals surface area contributed by atoms with Gasteiger partial charge in [-0.2, -0.15) is 0 Å². The van der Waals surface area contributed by atoms with Gasteiger partial charge in [0.05, 0.1) is 18.8 Å². The van der Waals surface area contributed by atoms with Crippen LogP contribution in [0.5, 0.6) is 11.5 Å². The lowest BCUT2D eigenvalue weighted by Gasteiger charge is -2.37. The highest BCUT2D eigenvalue weighted by atomic mass is 32.2. The molecule has 2 aliphatic heterocycles. The minimum atomic E-state index is -1.25. The van der Waals surface area contributed by atoms with Gasteiger partial charge in [-0.3, -0.25) is 0 Å². The lowest BCUT2D eigenvalue weighted by molar-refractivity contribution is -0.180. The van der Waals surface area contributed by atoms with Crippen molar-refractivity contribution in [2.24, 2.45) is 0 Å². The lowest BCUT2D eigenvalue weighted by Crippen LogP contribution is -2.44. The van der Waals surface area contributed by atoms with Gasteiger partial charge in [0, 0.05) is 28.2 Å². The Labute approximate surface area is 184 Å². The van der Waals surface area contributed by atoms with Gasteiger partial charge in [0.2, 0.25) is 0 Å². The van der Waals surface area contributed by atoms with Crippen molar-refractivity contribution in [2.45, 2.75) is 53.8 Å². The SMILES string of the molecule is OC[C@@H]1C[C@H](O)C(O)[C@H](c2cc(CC3Cc4ccccc4S3)c(OCCF)cc2O)O1. The second kappa shape index (κ2) is 9.75. The number of hydrogen-bond donors (Lipinski definition) is 4. The lowest BCUT2D eigenvalue weighted by atomic mass is 9.91. The van der Waals surface area contributed by atoms with Crippen molar-refractivity contribution >= 4 is 11.8 Å². The molecule has 4 rings (SSSR count). The van der Waals surface area contributed by atoms with Crippen molar-refractivity contribution in [3.63, 3.8) is 0 Å². The van der Waals surface area contributed by atoms with E-state index in [1.165, 1.54) is 16.5 Å². The number of aliphatic hydroxyl groups is 3. The highest BCUT2D eigenvalue weighted by Crippen LogP contribution is 2.43. The molecule has 6 nitrogen and oxygen atoms in total. The standard InChI is InChI=1S/C23H27FO6S/c24-5-6-29-20-11-18(26)17(23-22(28)19(27)10-15(12-25)30-23)9-14(20)8-16-7-13-3-1-2-4-21(13)31-16/h1-4,9,11,15-16,19,22-23,25-28H,5-8,10,12H2/t15-,16?,19-,22?,23-/m0/s1. The predicted molar refractivity (Wildman–Crippen MR) is 114 cm³/mol. The molecule has 2 unspecified atom stereocenters. The molecule has 8 heteroatoms. The fourth-order valence-corrected chi connectivity index (χ4v) is 5.59. The van der Waals surface area contributed by atoms with Crippen LogP contribution in [0.15, 0.2) is 41.3 Å². The number of alkyl halides is 1. The number of thioether (sulfide) groups is 1. The number of aromatic hydroxyl groups is 1. The predicted octanol–water partition coefficient (Wildman–Crippen LogP) is 2.54. The smallest absolute Gasteiger partial charge is 0.126 e. The second-order valence-corrected chi connectivity index (χ2v) is 9.31. The molecule has 0 amide bonds. The third kappa shape index (κ3) is 4.83. The molecule has 168 valence electrons. The zero-order valence-electron chi connectivity index (χ0n) is 17.0. The van der Waals surface area contributed by atoms with Crippen LogP contribution in [0.1, 0.15) is 29.2 Å². The van der Waals surface area contributed by atoms with Gasteiger partial charge in [-0.05, 0) is 36.1 Å². The van der Waals surface area contributed by atoms with E-state index in [0.717, 1.165) is 12.0 Å². The summed E-state index contributed by atoms with van der Waals surface area (Å²) in [6, 6.07) is 11.3. The van der Waals surface area contributed by atoms with Gasteiger partial charge in [-0.25, -0.2) is 4.39 Å². The van der Waals surface area contributed by atoms with E-state index >= 15 is 0 Å². The highest BCUT2D eigenvalue weighted by molar-refractivity contribution is 8.00. The van der Waals surface area contributed by atoms with Gasteiger partial charge in [0.25, 0.3) is 0 Å². The molecular formula is C23H27FO6S. The number of phenols is 1. The van der Waals surface area contributed by atoms with Crippen molar-refractivity contribution in [1.29, 1.82) is 0 Å². The second-order valence-electron chi connectivity index (χ2n) is 7.97. The Morgan fingerprint density at radius 1 is 1.19 bits per heavy atom. The number of fused-ring (bicyclic) bond motifs is 1. The van der Waals surface area contributed by atoms with E-state index in [4.69, 9.17) is 9.47 Å². The summed E-state index contributed by atoms with van der Waals surface area (Å²) >= 11 is 1.77. The molecule has 31 heavy (non-hydrogen) atoms. The largest absolute Gasteiger partial charge is 0.507 e. The van der Waals surface area contributed by atoms with E-state index < -0.39 is 31.1 Å². The van der Waals surface area contributed by atoms with Crippen LogP contribution in [0.4, 0.5) is 4.39 Å². The molecule has 5 atom stereocenters. The van der Waals surface area contributed by atoms with Crippen LogP contribution < -0.4 is 4.74 Å². The quantitative estimate of drug-likeness (QED) is 0.515. The fourth-order valence-electron chi connectivity index (χ4n) is 4.25. The van der Waals surface area contributed by atoms with E-state index in [9.17, 15) is 24.8 Å². The third-order valence-electron chi connectivity index (χ3n) is 5.76. The van der Waals surface area contributed by atoms with Crippen molar-refractivity contribution < 1.29 is 34.3 Å². The fraction of sp³-hybridized carbons (Fsp3) is 0.478. The molecule has 0 saturated carbocycles. The Balaban J connectivity index is 1.63. The molecule has 2 aromatic rings. The average Bonchev–Trinajstić information content (AvgIpc) is 3.18. The van der Waals surface area contributed by atoms with Gasteiger partial charge < -0.3 is 29.9 Å². The first-order valence-corrected chi connectivity index (χ1v) is 11.3. The number of halogens is 1. The molecule has 1 saturated heterocycles. The van der Waals surface area contributed by atoms with Crippen molar-refractivity contribution in [2.75, 3.05) is 19.9 Å². The van der Waals surface area contributed by atoms with Gasteiger partial charge >= 0.3 is 0 Å². The van der Waals surface area contributed by atoms with Crippen LogP contribution in [0.25, 0.3) is 0 Å². The molecule has 2 heterocycles. The van der Waals surface area contributed by atoms with Crippen LogP contribution in [0.2, 0.25) is 0 Å². The van der Waals surface area contributed by atoms with Crippen LogP contribution in [0, 0.1) is 0 Å². The molecule has 0 aliphatic carbocycles. The summed E-state index contributed by atoms with van der Waals surface area (Å²) in [5.74, 6) is 0.217. The number of ether oxygens (including phenoxy) is 2. The molecule has 0 spiro atoms. The van der Waals surface area contributed by atoms with E-state index in [0.29, 0.717) is 17.7 Å². The van der Waals surface area contributed by atoms with E-state index in [-0.39, 0.29) is 30.6 Å². The molecule has 0 bridgehead atoms. The number of benzene rings is 2. The minimum absolute atomic E-state index is 0.108. The Bertz CT molecular complexity index is 885. The summed E-state index contributed by atoms with van der Waals surface area (Å²) < 4.78 is 24.1. The summed E-state index contributed by atoms with van der Waals surface area (Å²) in [4.78, 5) is 1.23. The van der Waals surface area contributed by atoms with Crippen molar-refractivity contribution in [1.82, 2.24) is 0 Å². The molecular weight excluding hydrogens is 423 g/mol. The van der Waals surface area contributed by atoms with Crippen LogP contribution >= 0.6 is 11.8 Å². The molecule has 0 aromatic heterocycles. The summed E-state index contributed by atoms with van der Waals surface area (Å²) in [5, 5.41) is 41.0. The Morgan fingerprint density at radius 3 is 2.74 bits per heavy atom. The number of phenolic OH excluding ortho intramolecular Hbond substituents is 1. The maximum atomic E-state index is 12.7. The first-order valence-electron chi connectivity index (χ1n) is 10.4. The van der Waals surface area contributed by atoms with Gasteiger partial charge in [-0.15, -0.1) is 11.8 Å². The maximum Gasteiger partial charge on any atom is 0.126 e. The van der Waals surface area contributed by atoms with Gasteiger partial charge in [0.1, 0.15) is 37.0 Å². The average molecular weight is 451 g/mol. The normalized spacial score (nSPS) is 27.8. The Kier molecular flexibility index (Phi) is 7.03. The maximum absolute atomic E-state index is 12.7. The zero-order valence-corrected chi connectivity index (χ0v) is 17.8. The van der Waals surface area contributed by atoms with E-state index in [1.54, 1.807) is 17.8 Å². The Morgan fingerprint density at radius 2 is 2.00 bits per heavy atom. The third-order valence-corrected chi connectivity index (χ3v) is 7.08. The van der Waals surface area contributed by atoms with Crippen molar-refractivity contribution in [3.8, 4) is 11.5 Å². The minimum Gasteiger partial charge on any atom is -0.507 e. The summed E-state index contributed by atoms with van der Waals surface area (Å²) in [6.07, 6.45) is -2.37. The van der Waals surface area contributed by atoms with Crippen LogP contribution in [-0.2, 0) is 17.6 Å². The first kappa shape index (κ1) is 22.4. The summed E-state index contributed by atoms with van der Waals surface area (Å²) in [5.41, 5.74) is 2.36. The van der Waals surface area contributed by atoms with E-state index in [1.807, 2.05) is 12.1 Å². The number of hydrogen-bond acceptors (Lipinski definition) is 7. The van der Waals surface area contributed by atoms with Crippen LogP contribution in [-0.4, -0.2) is 63.9 Å². The summed E-state index contributed by atoms with van der Waals surface area (Å²) in [7, 11) is 0. The van der Waals surface area contributed by atoms with E-state index in [2.05, 4.69) is 12.1 Å². The Hall–Kier alpha value is -1.84. The monoisotopic (exact) mass is 450 g/mol. The van der Waals surface area contributed by atoms with Gasteiger partial charge in [-0.1, -0.05) is 18.2 Å². The summed E-state index contributed by atoms with van der Waals surface area (Å²) in [6.45, 7) is -1.08.